The highest BCUT2D eigenvalue weighted by atomic mass is 16.3. The van der Waals surface area contributed by atoms with Crippen LogP contribution in [0.4, 0.5) is 0 Å². The topological polar surface area (TPSA) is 63.2 Å². The van der Waals surface area contributed by atoms with E-state index in [1.54, 1.807) is 0 Å². The Labute approximate surface area is 186 Å². The average molecular weight is 420 g/mol. The molecule has 1 aliphatic rings. The van der Waals surface area contributed by atoms with E-state index in [4.69, 9.17) is 5.73 Å². The molecule has 1 aliphatic carbocycles. The number of fused-ring (bicyclic) bond motifs is 1. The van der Waals surface area contributed by atoms with Crippen molar-refractivity contribution in [1.82, 2.24) is 9.88 Å². The van der Waals surface area contributed by atoms with Crippen LogP contribution < -0.4 is 11.1 Å². The van der Waals surface area contributed by atoms with Gasteiger partial charge in [0.2, 0.25) is 0 Å². The molecule has 1 saturated carbocycles. The number of hydrogen-bond acceptors (Lipinski definition) is 3. The van der Waals surface area contributed by atoms with Crippen LogP contribution in [0.15, 0.2) is 54.7 Å². The number of aliphatic hydroxyl groups is 1. The van der Waals surface area contributed by atoms with E-state index in [0.717, 1.165) is 13.0 Å². The maximum Gasteiger partial charge on any atom is 0.0786 e. The molecule has 0 spiro atoms. The van der Waals surface area contributed by atoms with Gasteiger partial charge in [-0.1, -0.05) is 67.3 Å². The monoisotopic (exact) mass is 419 g/mol. The number of nitrogens with one attached hydrogen (secondary N) is 1. The van der Waals surface area contributed by atoms with Crippen LogP contribution in [-0.4, -0.2) is 35.4 Å². The second-order valence-corrected chi connectivity index (χ2v) is 9.15. The van der Waals surface area contributed by atoms with Crippen LogP contribution in [0.2, 0.25) is 0 Å². The van der Waals surface area contributed by atoms with E-state index in [9.17, 15) is 5.11 Å². The number of rotatable bonds is 9. The van der Waals surface area contributed by atoms with Crippen LogP contribution in [0, 0.1) is 6.92 Å². The van der Waals surface area contributed by atoms with Gasteiger partial charge in [-0.3, -0.25) is 0 Å². The lowest BCUT2D eigenvalue weighted by molar-refractivity contribution is 0.179. The number of nitrogens with zero attached hydrogens (tertiary/aromatic N) is 1. The molecule has 1 fully saturated rings. The van der Waals surface area contributed by atoms with Crippen LogP contribution in [0.3, 0.4) is 0 Å². The number of nitrogens with two attached hydrogens (primary N) is 1. The Bertz CT molecular complexity index is 974. The normalized spacial score (nSPS) is 17.1. The minimum absolute atomic E-state index is 0.295. The number of para-hydroxylation sites is 1. The SMILES string of the molecule is Cc1cccc(C(CCNCC(O)CN)c2cn(C3CCCCC3)c3ccccc23)c1. The van der Waals surface area contributed by atoms with Gasteiger partial charge in [-0.05, 0) is 49.9 Å². The summed E-state index contributed by atoms with van der Waals surface area (Å²) in [5, 5.41) is 14.6. The highest BCUT2D eigenvalue weighted by molar-refractivity contribution is 5.85. The number of aromatic nitrogens is 1. The Kier molecular flexibility index (Phi) is 7.44. The molecule has 166 valence electrons. The zero-order valence-corrected chi connectivity index (χ0v) is 18.8. The van der Waals surface area contributed by atoms with Crippen molar-refractivity contribution in [3.8, 4) is 0 Å². The molecule has 0 radical (unpaired) electrons. The predicted molar refractivity (Wildman–Crippen MR) is 130 cm³/mol. The summed E-state index contributed by atoms with van der Waals surface area (Å²) in [4.78, 5) is 0. The highest BCUT2D eigenvalue weighted by Gasteiger charge is 2.23. The van der Waals surface area contributed by atoms with Gasteiger partial charge in [-0.2, -0.15) is 0 Å². The first kappa shape index (κ1) is 22.1. The van der Waals surface area contributed by atoms with Crippen molar-refractivity contribution in [2.75, 3.05) is 19.6 Å². The van der Waals surface area contributed by atoms with Crippen LogP contribution >= 0.6 is 0 Å². The van der Waals surface area contributed by atoms with Crippen LogP contribution in [-0.2, 0) is 0 Å². The van der Waals surface area contributed by atoms with Gasteiger partial charge in [0.15, 0.2) is 0 Å². The predicted octanol–water partition coefficient (Wildman–Crippen LogP) is 4.89. The molecular weight excluding hydrogens is 382 g/mol. The van der Waals surface area contributed by atoms with E-state index in [1.807, 2.05) is 0 Å². The first-order valence-corrected chi connectivity index (χ1v) is 11.9. The molecule has 0 bridgehead atoms. The van der Waals surface area contributed by atoms with Crippen LogP contribution in [0.25, 0.3) is 10.9 Å². The van der Waals surface area contributed by atoms with Gasteiger partial charge in [0, 0.05) is 42.1 Å². The fourth-order valence-corrected chi connectivity index (χ4v) is 5.16. The maximum atomic E-state index is 9.79. The zero-order chi connectivity index (χ0) is 21.6. The molecule has 2 aromatic carbocycles. The van der Waals surface area contributed by atoms with E-state index in [1.165, 1.54) is 59.7 Å². The van der Waals surface area contributed by atoms with Gasteiger partial charge in [-0.25, -0.2) is 0 Å². The van der Waals surface area contributed by atoms with Crippen molar-refractivity contribution in [3.05, 3.63) is 71.4 Å². The summed E-state index contributed by atoms with van der Waals surface area (Å²) in [5.74, 6) is 0.317. The van der Waals surface area contributed by atoms with Gasteiger partial charge in [0.1, 0.15) is 0 Å². The van der Waals surface area contributed by atoms with Gasteiger partial charge >= 0.3 is 0 Å². The van der Waals surface area contributed by atoms with Crippen molar-refractivity contribution < 1.29 is 5.11 Å². The molecule has 3 aromatic rings. The molecule has 0 amide bonds. The standard InChI is InChI=1S/C27H37N3O/c1-20-8-7-9-21(16-20)24(14-15-29-18-23(31)17-28)26-19-30(22-10-3-2-4-11-22)27-13-6-5-12-25(26)27/h5-9,12-13,16,19,22-24,29,31H,2-4,10-11,14-15,17-18,28H2,1H3. The van der Waals surface area contributed by atoms with E-state index < -0.39 is 6.10 Å². The third-order valence-corrected chi connectivity index (χ3v) is 6.82. The molecule has 0 aliphatic heterocycles. The number of aryl methyl sites for hydroxylation is 1. The Morgan fingerprint density at radius 2 is 1.90 bits per heavy atom. The Hall–Kier alpha value is -2.14. The molecule has 2 atom stereocenters. The van der Waals surface area contributed by atoms with Crippen molar-refractivity contribution in [1.29, 1.82) is 0 Å². The average Bonchev–Trinajstić information content (AvgIpc) is 3.19. The Balaban J connectivity index is 1.68. The minimum Gasteiger partial charge on any atom is -0.390 e. The van der Waals surface area contributed by atoms with Crippen LogP contribution in [0.1, 0.15) is 67.2 Å². The van der Waals surface area contributed by atoms with E-state index in [2.05, 4.69) is 71.5 Å². The number of benzene rings is 2. The molecule has 1 aromatic heterocycles. The summed E-state index contributed by atoms with van der Waals surface area (Å²) in [6.07, 6.45) is 9.56. The zero-order valence-electron chi connectivity index (χ0n) is 18.8. The van der Waals surface area contributed by atoms with E-state index in [0.29, 0.717) is 25.0 Å². The van der Waals surface area contributed by atoms with Gasteiger partial charge in [-0.15, -0.1) is 0 Å². The fraction of sp³-hybridized carbons (Fsp3) is 0.481. The summed E-state index contributed by atoms with van der Waals surface area (Å²) in [6, 6.07) is 18.5. The molecule has 31 heavy (non-hydrogen) atoms. The molecule has 4 nitrogen and oxygen atoms in total. The summed E-state index contributed by atoms with van der Waals surface area (Å²) in [5.41, 5.74) is 11.0. The molecular formula is C27H37N3O. The summed E-state index contributed by atoms with van der Waals surface area (Å²) in [6.45, 7) is 3.85. The van der Waals surface area contributed by atoms with E-state index >= 15 is 0 Å². The minimum atomic E-state index is -0.481. The van der Waals surface area contributed by atoms with Crippen LogP contribution in [0.5, 0.6) is 0 Å². The van der Waals surface area contributed by atoms with Crippen molar-refractivity contribution in [3.63, 3.8) is 0 Å². The molecule has 4 heteroatoms. The van der Waals surface area contributed by atoms with Gasteiger partial charge < -0.3 is 20.7 Å². The lowest BCUT2D eigenvalue weighted by Crippen LogP contribution is -2.33. The third-order valence-electron chi connectivity index (χ3n) is 6.82. The van der Waals surface area contributed by atoms with E-state index in [-0.39, 0.29) is 0 Å². The molecule has 4 N–H and O–H groups in total. The highest BCUT2D eigenvalue weighted by Crippen LogP contribution is 2.38. The number of aliphatic hydroxyl groups excluding tert-OH is 1. The molecule has 4 rings (SSSR count). The summed E-state index contributed by atoms with van der Waals surface area (Å²) >= 11 is 0. The third kappa shape index (κ3) is 5.20. The second-order valence-electron chi connectivity index (χ2n) is 9.15. The fourth-order valence-electron chi connectivity index (χ4n) is 5.16. The van der Waals surface area contributed by atoms with Gasteiger partial charge in [0.25, 0.3) is 0 Å². The lowest BCUT2D eigenvalue weighted by atomic mass is 9.87. The quantitative estimate of drug-likeness (QED) is 0.433. The Morgan fingerprint density at radius 1 is 1.10 bits per heavy atom. The lowest BCUT2D eigenvalue weighted by Gasteiger charge is -2.24. The number of hydrogen-bond donors (Lipinski definition) is 3. The molecule has 2 unspecified atom stereocenters. The summed E-state index contributed by atoms with van der Waals surface area (Å²) in [7, 11) is 0. The smallest absolute Gasteiger partial charge is 0.0786 e. The Morgan fingerprint density at radius 3 is 2.68 bits per heavy atom. The first-order chi connectivity index (χ1) is 15.2. The maximum absolute atomic E-state index is 9.79. The van der Waals surface area contributed by atoms with Crippen molar-refractivity contribution in [2.24, 2.45) is 5.73 Å². The van der Waals surface area contributed by atoms with Crippen molar-refractivity contribution in [2.45, 2.75) is 63.5 Å². The largest absolute Gasteiger partial charge is 0.390 e. The second kappa shape index (κ2) is 10.4. The molecule has 0 saturated heterocycles. The van der Waals surface area contributed by atoms with Crippen molar-refractivity contribution >= 4 is 10.9 Å². The molecule has 1 heterocycles. The first-order valence-electron chi connectivity index (χ1n) is 11.9. The summed E-state index contributed by atoms with van der Waals surface area (Å²) < 4.78 is 2.57. The van der Waals surface area contributed by atoms with Gasteiger partial charge in [0.05, 0.1) is 6.10 Å².